The van der Waals surface area contributed by atoms with Gasteiger partial charge in [0.15, 0.2) is 0 Å². The van der Waals surface area contributed by atoms with E-state index in [4.69, 9.17) is 0 Å². The number of nitrogens with one attached hydrogen (secondary N) is 2. The molecule has 2 heterocycles. The average Bonchev–Trinajstić information content (AvgIpc) is 2.93. The number of carbonyl (C=O) groups is 2. The van der Waals surface area contributed by atoms with Crippen LogP contribution >= 0.6 is 11.3 Å². The van der Waals surface area contributed by atoms with Gasteiger partial charge in [0.05, 0.1) is 5.56 Å². The first-order chi connectivity index (χ1) is 12.0. The van der Waals surface area contributed by atoms with Crippen LogP contribution in [-0.2, 0) is 24.1 Å². The summed E-state index contributed by atoms with van der Waals surface area (Å²) in [7, 11) is 0. The highest BCUT2D eigenvalue weighted by molar-refractivity contribution is 7.17. The molecule has 0 fully saturated rings. The van der Waals surface area contributed by atoms with Crippen molar-refractivity contribution in [2.24, 2.45) is 0 Å². The zero-order chi connectivity index (χ0) is 17.8. The maximum atomic E-state index is 12.7. The van der Waals surface area contributed by atoms with E-state index >= 15 is 0 Å². The van der Waals surface area contributed by atoms with E-state index in [2.05, 4.69) is 20.6 Å². The quantitative estimate of drug-likeness (QED) is 0.861. The highest BCUT2D eigenvalue weighted by Gasteiger charge is 2.25. The van der Waals surface area contributed by atoms with Gasteiger partial charge in [0.1, 0.15) is 10.8 Å². The summed E-state index contributed by atoms with van der Waals surface area (Å²) >= 11 is 1.53. The predicted octanol–water partition coefficient (Wildman–Crippen LogP) is 2.66. The molecule has 0 bridgehead atoms. The second kappa shape index (κ2) is 7.74. The Kier molecular flexibility index (Phi) is 5.43. The fourth-order valence-electron chi connectivity index (χ4n) is 2.98. The number of aromatic nitrogens is 2. The maximum absolute atomic E-state index is 12.7. The van der Waals surface area contributed by atoms with E-state index in [1.807, 2.05) is 6.92 Å². The molecule has 0 atom stereocenters. The van der Waals surface area contributed by atoms with Crippen LogP contribution in [0, 0.1) is 6.92 Å². The molecule has 2 aromatic heterocycles. The normalized spacial score (nSPS) is 13.2. The Balaban J connectivity index is 1.71. The van der Waals surface area contributed by atoms with Crippen LogP contribution in [0.2, 0.25) is 0 Å². The highest BCUT2D eigenvalue weighted by Crippen LogP contribution is 2.38. The number of nitrogens with zero attached hydrogens (tertiary/aromatic N) is 2. The third-order valence-electron chi connectivity index (χ3n) is 4.16. The summed E-state index contributed by atoms with van der Waals surface area (Å²) in [4.78, 5) is 33.9. The zero-order valence-corrected chi connectivity index (χ0v) is 15.3. The van der Waals surface area contributed by atoms with E-state index in [-0.39, 0.29) is 11.8 Å². The van der Waals surface area contributed by atoms with Gasteiger partial charge in [-0.3, -0.25) is 9.59 Å². The minimum absolute atomic E-state index is 0.129. The van der Waals surface area contributed by atoms with Crippen molar-refractivity contribution in [2.45, 2.75) is 46.0 Å². The molecular weight excluding hydrogens is 336 g/mol. The fraction of sp³-hybridized carbons (Fsp3) is 0.444. The molecule has 2 amide bonds. The molecule has 6 nitrogen and oxygen atoms in total. The fourth-order valence-corrected chi connectivity index (χ4v) is 4.31. The molecule has 0 spiro atoms. The van der Waals surface area contributed by atoms with Gasteiger partial charge >= 0.3 is 0 Å². The molecule has 0 aliphatic heterocycles. The van der Waals surface area contributed by atoms with Crippen LogP contribution in [0.3, 0.4) is 0 Å². The summed E-state index contributed by atoms with van der Waals surface area (Å²) in [6.07, 6.45) is 8.22. The molecule has 25 heavy (non-hydrogen) atoms. The van der Waals surface area contributed by atoms with Crippen LogP contribution in [-0.4, -0.2) is 28.3 Å². The highest BCUT2D eigenvalue weighted by atomic mass is 32.1. The van der Waals surface area contributed by atoms with Crippen molar-refractivity contribution in [3.05, 3.63) is 39.8 Å². The molecule has 2 aromatic rings. The lowest BCUT2D eigenvalue weighted by Crippen LogP contribution is -2.28. The molecule has 1 aliphatic carbocycles. The standard InChI is InChI=1S/C18H22N4O2S/c1-11-9-20-15(21-10-11)7-8-19-17(24)16-13-5-3-4-6-14(13)25-18(16)22-12(2)23/h9-10H,3-8H2,1-2H3,(H,19,24)(H,22,23). The smallest absolute Gasteiger partial charge is 0.254 e. The van der Waals surface area contributed by atoms with Gasteiger partial charge in [0, 0.05) is 37.2 Å². The molecule has 0 aromatic carbocycles. The number of thiophene rings is 1. The average molecular weight is 358 g/mol. The third kappa shape index (κ3) is 4.22. The van der Waals surface area contributed by atoms with Gasteiger partial charge in [-0.2, -0.15) is 0 Å². The maximum Gasteiger partial charge on any atom is 0.254 e. The van der Waals surface area contributed by atoms with Crippen LogP contribution in [0.15, 0.2) is 12.4 Å². The molecule has 132 valence electrons. The van der Waals surface area contributed by atoms with Crippen molar-refractivity contribution in [1.82, 2.24) is 15.3 Å². The van der Waals surface area contributed by atoms with Gasteiger partial charge in [-0.25, -0.2) is 9.97 Å². The lowest BCUT2D eigenvalue weighted by molar-refractivity contribution is -0.114. The Morgan fingerprint density at radius 3 is 2.64 bits per heavy atom. The SMILES string of the molecule is CC(=O)Nc1sc2c(c1C(=O)NCCc1ncc(C)cn1)CCCC2. The largest absolute Gasteiger partial charge is 0.351 e. The molecule has 0 radical (unpaired) electrons. The van der Waals surface area contributed by atoms with E-state index in [0.29, 0.717) is 29.4 Å². The molecule has 1 aliphatic rings. The molecule has 0 unspecified atom stereocenters. The van der Waals surface area contributed by atoms with Crippen LogP contribution in [0.1, 0.15) is 52.0 Å². The van der Waals surface area contributed by atoms with Gasteiger partial charge in [-0.1, -0.05) is 0 Å². The molecule has 7 heteroatoms. The Morgan fingerprint density at radius 2 is 1.92 bits per heavy atom. The number of carbonyl (C=O) groups excluding carboxylic acids is 2. The van der Waals surface area contributed by atoms with Crippen LogP contribution in [0.5, 0.6) is 0 Å². The lowest BCUT2D eigenvalue weighted by atomic mass is 9.95. The van der Waals surface area contributed by atoms with Gasteiger partial charge in [-0.15, -0.1) is 11.3 Å². The number of aryl methyl sites for hydroxylation is 2. The monoisotopic (exact) mass is 358 g/mol. The first-order valence-corrected chi connectivity index (χ1v) is 9.34. The minimum Gasteiger partial charge on any atom is -0.351 e. The van der Waals surface area contributed by atoms with E-state index in [9.17, 15) is 9.59 Å². The Bertz CT molecular complexity index is 783. The third-order valence-corrected chi connectivity index (χ3v) is 5.36. The molecular formula is C18H22N4O2S. The first-order valence-electron chi connectivity index (χ1n) is 8.52. The van der Waals surface area contributed by atoms with E-state index < -0.39 is 0 Å². The first kappa shape index (κ1) is 17.5. The van der Waals surface area contributed by atoms with E-state index in [1.165, 1.54) is 23.1 Å². The second-order valence-corrected chi connectivity index (χ2v) is 7.38. The van der Waals surface area contributed by atoms with Crippen LogP contribution < -0.4 is 10.6 Å². The summed E-state index contributed by atoms with van der Waals surface area (Å²) < 4.78 is 0. The number of fused-ring (bicyclic) bond motifs is 1. The zero-order valence-electron chi connectivity index (χ0n) is 14.5. The minimum atomic E-state index is -0.152. The second-order valence-electron chi connectivity index (χ2n) is 6.28. The molecule has 0 saturated carbocycles. The Labute approximate surface area is 151 Å². The van der Waals surface area contributed by atoms with Gasteiger partial charge in [-0.05, 0) is 43.7 Å². The lowest BCUT2D eigenvalue weighted by Gasteiger charge is -2.13. The summed E-state index contributed by atoms with van der Waals surface area (Å²) in [5.74, 6) is 0.427. The van der Waals surface area contributed by atoms with Gasteiger partial charge in [0.25, 0.3) is 5.91 Å². The van der Waals surface area contributed by atoms with Gasteiger partial charge < -0.3 is 10.6 Å². The van der Waals surface area contributed by atoms with Crippen molar-refractivity contribution in [2.75, 3.05) is 11.9 Å². The summed E-state index contributed by atoms with van der Waals surface area (Å²) in [6, 6.07) is 0. The molecule has 0 saturated heterocycles. The van der Waals surface area contributed by atoms with Crippen molar-refractivity contribution < 1.29 is 9.59 Å². The topological polar surface area (TPSA) is 84.0 Å². The number of hydrogen-bond donors (Lipinski definition) is 2. The van der Waals surface area contributed by atoms with Gasteiger partial charge in [0.2, 0.25) is 5.91 Å². The van der Waals surface area contributed by atoms with Crippen molar-refractivity contribution in [1.29, 1.82) is 0 Å². The summed E-state index contributed by atoms with van der Waals surface area (Å²) in [5.41, 5.74) is 2.75. The predicted molar refractivity (Wildman–Crippen MR) is 98.1 cm³/mol. The molecule has 3 rings (SSSR count). The van der Waals surface area contributed by atoms with Crippen molar-refractivity contribution >= 4 is 28.2 Å². The number of hydrogen-bond acceptors (Lipinski definition) is 5. The number of rotatable bonds is 5. The van der Waals surface area contributed by atoms with E-state index in [0.717, 1.165) is 36.8 Å². The van der Waals surface area contributed by atoms with Crippen molar-refractivity contribution in [3.8, 4) is 0 Å². The summed E-state index contributed by atoms with van der Waals surface area (Å²) in [5, 5.41) is 6.44. The number of amides is 2. The van der Waals surface area contributed by atoms with Crippen LogP contribution in [0.4, 0.5) is 5.00 Å². The Morgan fingerprint density at radius 1 is 1.20 bits per heavy atom. The van der Waals surface area contributed by atoms with E-state index in [1.54, 1.807) is 12.4 Å². The Hall–Kier alpha value is -2.28. The van der Waals surface area contributed by atoms with Crippen molar-refractivity contribution in [3.63, 3.8) is 0 Å². The number of anilines is 1. The molecule has 2 N–H and O–H groups in total. The summed E-state index contributed by atoms with van der Waals surface area (Å²) in [6.45, 7) is 3.87. The van der Waals surface area contributed by atoms with Crippen LogP contribution in [0.25, 0.3) is 0 Å².